The number of carbonyl (C=O) groups excluding carboxylic acids is 2. The second-order valence-electron chi connectivity index (χ2n) is 8.56. The van der Waals surface area contributed by atoms with Crippen molar-refractivity contribution in [2.24, 2.45) is 0 Å². The number of amides is 1. The van der Waals surface area contributed by atoms with Crippen molar-refractivity contribution in [3.8, 4) is 0 Å². The third-order valence-electron chi connectivity index (χ3n) is 4.53. The summed E-state index contributed by atoms with van der Waals surface area (Å²) in [5.74, 6) is -1.63. The molecule has 0 aliphatic rings. The minimum absolute atomic E-state index is 0.151. The fourth-order valence-electron chi connectivity index (χ4n) is 2.99. The van der Waals surface area contributed by atoms with E-state index in [-0.39, 0.29) is 10.8 Å². The molecule has 0 aliphatic heterocycles. The first-order chi connectivity index (χ1) is 16.4. The van der Waals surface area contributed by atoms with Gasteiger partial charge in [-0.05, 0) is 31.9 Å². The van der Waals surface area contributed by atoms with Crippen LogP contribution in [0, 0.1) is 0 Å². The van der Waals surface area contributed by atoms with Gasteiger partial charge in [0.25, 0.3) is 0 Å². The Bertz CT molecular complexity index is 1260. The van der Waals surface area contributed by atoms with Gasteiger partial charge in [0.1, 0.15) is 10.5 Å². The van der Waals surface area contributed by atoms with E-state index in [0.29, 0.717) is 11.1 Å². The molecule has 0 spiro atoms. The summed E-state index contributed by atoms with van der Waals surface area (Å²) in [5, 5.41) is 4.10. The first kappa shape index (κ1) is 26.1. The van der Waals surface area contributed by atoms with E-state index in [2.05, 4.69) is 16.9 Å². The Morgan fingerprint density at radius 3 is 2.09 bits per heavy atom. The summed E-state index contributed by atoms with van der Waals surface area (Å²) in [6.45, 7) is 8.64. The molecule has 0 saturated heterocycles. The van der Waals surface area contributed by atoms with E-state index in [1.165, 1.54) is 5.38 Å². The van der Waals surface area contributed by atoms with Crippen molar-refractivity contribution in [1.82, 2.24) is 4.98 Å². The number of esters is 1. The Kier molecular flexibility index (Phi) is 8.08. The number of hydrogen-bond acceptors (Lipinski definition) is 8. The number of nitrogens with zero attached hydrogens (tertiary/aromatic N) is 1. The van der Waals surface area contributed by atoms with Crippen LogP contribution < -0.4 is 5.32 Å². The molecule has 3 rings (SSSR count). The van der Waals surface area contributed by atoms with Gasteiger partial charge in [-0.25, -0.2) is 23.0 Å². The normalized spacial score (nSPS) is 11.7. The van der Waals surface area contributed by atoms with E-state index in [1.54, 1.807) is 69.3 Å². The Morgan fingerprint density at radius 1 is 1.03 bits per heavy atom. The maximum atomic E-state index is 12.9. The summed E-state index contributed by atoms with van der Waals surface area (Å²) in [6.07, 6.45) is -1.51. The van der Waals surface area contributed by atoms with Gasteiger partial charge in [-0.15, -0.1) is 11.3 Å². The topological polar surface area (TPSA) is 112 Å². The summed E-state index contributed by atoms with van der Waals surface area (Å²) in [7, 11) is -4.14. The molecule has 0 saturated carbocycles. The highest BCUT2D eigenvalue weighted by Gasteiger charge is 2.29. The molecule has 0 atom stereocenters. The highest BCUT2D eigenvalue weighted by atomic mass is 32.2. The second-order valence-corrected chi connectivity index (χ2v) is 11.4. The van der Waals surface area contributed by atoms with Crippen molar-refractivity contribution >= 4 is 38.4 Å². The molecule has 0 fully saturated rings. The van der Waals surface area contributed by atoms with Gasteiger partial charge < -0.3 is 9.47 Å². The molecule has 1 N–H and O–H groups in total. The highest BCUT2D eigenvalue weighted by Crippen LogP contribution is 2.28. The summed E-state index contributed by atoms with van der Waals surface area (Å²) >= 11 is 1.04. The Balaban J connectivity index is 1.70. The van der Waals surface area contributed by atoms with Crippen LogP contribution in [-0.2, 0) is 29.9 Å². The number of rotatable bonds is 8. The molecule has 0 radical (unpaired) electrons. The molecule has 1 heterocycles. The van der Waals surface area contributed by atoms with Crippen LogP contribution in [-0.4, -0.2) is 31.1 Å². The zero-order valence-electron chi connectivity index (χ0n) is 19.6. The van der Waals surface area contributed by atoms with Crippen LogP contribution in [0.15, 0.2) is 77.5 Å². The van der Waals surface area contributed by atoms with Gasteiger partial charge in [0, 0.05) is 5.38 Å². The Morgan fingerprint density at radius 2 is 1.57 bits per heavy atom. The molecule has 184 valence electrons. The Labute approximate surface area is 208 Å². The van der Waals surface area contributed by atoms with E-state index in [1.807, 2.05) is 12.1 Å². The van der Waals surface area contributed by atoms with Crippen LogP contribution in [0.4, 0.5) is 9.93 Å². The summed E-state index contributed by atoms with van der Waals surface area (Å²) < 4.78 is 36.5. The number of ether oxygens (including phenoxy) is 2. The van der Waals surface area contributed by atoms with Gasteiger partial charge in [-0.2, -0.15) is 0 Å². The largest absolute Gasteiger partial charge is 0.448 e. The van der Waals surface area contributed by atoms with Gasteiger partial charge in [0.05, 0.1) is 11.4 Å². The molecule has 3 aromatic rings. The van der Waals surface area contributed by atoms with Crippen molar-refractivity contribution in [3.63, 3.8) is 0 Å². The van der Waals surface area contributed by atoms with E-state index in [9.17, 15) is 18.0 Å². The molecule has 10 heteroatoms. The quantitative estimate of drug-likeness (QED) is 0.323. The smallest absolute Gasteiger partial charge is 0.413 e. The van der Waals surface area contributed by atoms with Gasteiger partial charge in [0.15, 0.2) is 21.1 Å². The van der Waals surface area contributed by atoms with Crippen LogP contribution in [0.3, 0.4) is 0 Å². The minimum Gasteiger partial charge on any atom is -0.448 e. The van der Waals surface area contributed by atoms with Gasteiger partial charge >= 0.3 is 12.1 Å². The van der Waals surface area contributed by atoms with Crippen LogP contribution >= 0.6 is 11.3 Å². The number of nitrogens with one attached hydrogen (secondary N) is 1. The molecular weight excluding hydrogens is 488 g/mol. The van der Waals surface area contributed by atoms with Crippen molar-refractivity contribution in [2.45, 2.75) is 38.2 Å². The summed E-state index contributed by atoms with van der Waals surface area (Å²) in [6, 6.07) is 18.0. The molecule has 0 bridgehead atoms. The fraction of sp³-hybridized carbons (Fsp3) is 0.240. The number of benzene rings is 2. The van der Waals surface area contributed by atoms with E-state index in [4.69, 9.17) is 9.47 Å². The number of sulfone groups is 1. The lowest BCUT2D eigenvalue weighted by atomic mass is 10.0. The maximum absolute atomic E-state index is 12.9. The summed E-state index contributed by atoms with van der Waals surface area (Å²) in [5.41, 5.74) is 0.838. The van der Waals surface area contributed by atoms with E-state index < -0.39 is 44.3 Å². The molecule has 8 nitrogen and oxygen atoms in total. The van der Waals surface area contributed by atoms with Gasteiger partial charge in [-0.3, -0.25) is 5.32 Å². The molecule has 35 heavy (non-hydrogen) atoms. The van der Waals surface area contributed by atoms with Crippen LogP contribution in [0.1, 0.15) is 43.7 Å². The van der Waals surface area contributed by atoms with E-state index >= 15 is 0 Å². The van der Waals surface area contributed by atoms with Crippen LogP contribution in [0.2, 0.25) is 0 Å². The molecule has 1 amide bonds. The number of thiazole rings is 1. The third-order valence-corrected chi connectivity index (χ3v) is 6.93. The zero-order chi connectivity index (χ0) is 25.6. The SMILES string of the molecule is C=C(C(=O)OC(c1ccccc1)c1ccccc1)S(=O)(=O)Cc1csc(NC(=O)OC(C)(C)C)n1. The average Bonchev–Trinajstić information content (AvgIpc) is 3.22. The van der Waals surface area contributed by atoms with Crippen molar-refractivity contribution in [1.29, 1.82) is 0 Å². The maximum Gasteiger partial charge on any atom is 0.413 e. The van der Waals surface area contributed by atoms with Crippen molar-refractivity contribution < 1.29 is 27.5 Å². The highest BCUT2D eigenvalue weighted by molar-refractivity contribution is 7.95. The van der Waals surface area contributed by atoms with Gasteiger partial charge in [-0.1, -0.05) is 67.2 Å². The zero-order valence-corrected chi connectivity index (χ0v) is 21.2. The van der Waals surface area contributed by atoms with Crippen molar-refractivity contribution in [3.05, 3.63) is 94.3 Å². The predicted molar refractivity (Wildman–Crippen MR) is 135 cm³/mol. The lowest BCUT2D eigenvalue weighted by Gasteiger charge is -2.19. The van der Waals surface area contributed by atoms with Crippen LogP contribution in [0.25, 0.3) is 0 Å². The lowest BCUT2D eigenvalue weighted by Crippen LogP contribution is -2.27. The van der Waals surface area contributed by atoms with Gasteiger partial charge in [0.2, 0.25) is 0 Å². The van der Waals surface area contributed by atoms with E-state index in [0.717, 1.165) is 11.3 Å². The van der Waals surface area contributed by atoms with Crippen molar-refractivity contribution in [2.75, 3.05) is 5.32 Å². The Hall–Kier alpha value is -3.50. The third kappa shape index (κ3) is 7.49. The molecule has 0 unspecified atom stereocenters. The number of aromatic nitrogens is 1. The number of anilines is 1. The first-order valence-electron chi connectivity index (χ1n) is 10.6. The molecule has 2 aromatic carbocycles. The molecule has 0 aliphatic carbocycles. The first-order valence-corrected chi connectivity index (χ1v) is 13.1. The van der Waals surface area contributed by atoms with Crippen LogP contribution in [0.5, 0.6) is 0 Å². The predicted octanol–water partition coefficient (Wildman–Crippen LogP) is 5.25. The lowest BCUT2D eigenvalue weighted by molar-refractivity contribution is -0.141. The molecular formula is C25H26N2O6S2. The standard InChI is InChI=1S/C25H26N2O6S2/c1-17(22(28)32-21(18-11-7-5-8-12-18)19-13-9-6-10-14-19)35(30,31)16-20-15-34-23(26-20)27-24(29)33-25(2,3)4/h5-15,21H,1,16H2,2-4H3,(H,26,27,29). The minimum atomic E-state index is -4.14. The average molecular weight is 515 g/mol. The number of hydrogen-bond donors (Lipinski definition) is 1. The second kappa shape index (κ2) is 10.8. The molecule has 1 aromatic heterocycles. The summed E-state index contributed by atoms with van der Waals surface area (Å²) in [4.78, 5) is 28.1. The monoisotopic (exact) mass is 514 g/mol. The number of carbonyl (C=O) groups is 2. The fourth-order valence-corrected chi connectivity index (χ4v) is 4.80.